The lowest BCUT2D eigenvalue weighted by Crippen LogP contribution is -2.44. The van der Waals surface area contributed by atoms with Crippen LogP contribution in [0, 0.1) is 6.92 Å². The number of ether oxygens (including phenoxy) is 2. The minimum atomic E-state index is -4.01. The van der Waals surface area contributed by atoms with Crippen LogP contribution in [0.2, 0.25) is 0 Å². The van der Waals surface area contributed by atoms with Crippen LogP contribution in [0.3, 0.4) is 0 Å². The zero-order chi connectivity index (χ0) is 30.6. The number of hydrogen-bond donors (Lipinski definition) is 1. The first-order valence-electron chi connectivity index (χ1n) is 14.0. The molecule has 0 spiro atoms. The van der Waals surface area contributed by atoms with E-state index in [1.165, 1.54) is 24.3 Å². The topological polar surface area (TPSA) is 108 Å². The van der Waals surface area contributed by atoms with E-state index in [0.717, 1.165) is 27.8 Å². The summed E-state index contributed by atoms with van der Waals surface area (Å²) in [7, 11) is -4.01. The first kappa shape index (κ1) is 29.8. The van der Waals surface area contributed by atoms with Crippen molar-refractivity contribution < 1.29 is 31.7 Å². The summed E-state index contributed by atoms with van der Waals surface area (Å²) in [4.78, 5) is 25.9. The molecule has 1 aliphatic rings. The van der Waals surface area contributed by atoms with Gasteiger partial charge in [0.2, 0.25) is 0 Å². The van der Waals surface area contributed by atoms with Gasteiger partial charge in [0, 0.05) is 12.3 Å². The Kier molecular flexibility index (Phi) is 8.82. The fourth-order valence-corrected chi connectivity index (χ4v) is 6.02. The lowest BCUT2D eigenvalue weighted by molar-refractivity contribution is -0.149. The predicted molar refractivity (Wildman–Crippen MR) is 162 cm³/mol. The number of amides is 1. The second kappa shape index (κ2) is 12.7. The van der Waals surface area contributed by atoms with Crippen LogP contribution >= 0.6 is 0 Å². The van der Waals surface area contributed by atoms with Gasteiger partial charge in [-0.05, 0) is 72.9 Å². The van der Waals surface area contributed by atoms with Crippen molar-refractivity contribution in [3.8, 4) is 16.9 Å². The maximum absolute atomic E-state index is 13.0. The molecule has 0 fully saturated rings. The van der Waals surface area contributed by atoms with Gasteiger partial charge in [-0.2, -0.15) is 8.42 Å². The number of alkyl carbamates (subject to hydrolysis) is 1. The zero-order valence-electron chi connectivity index (χ0n) is 24.1. The molecule has 1 atom stereocenters. The molecule has 1 N–H and O–H groups in total. The molecule has 4 aromatic carbocycles. The summed E-state index contributed by atoms with van der Waals surface area (Å²) in [5.74, 6) is -0.608. The van der Waals surface area contributed by atoms with Crippen molar-refractivity contribution in [2.24, 2.45) is 0 Å². The van der Waals surface area contributed by atoms with Crippen LogP contribution in [0.4, 0.5) is 4.79 Å². The van der Waals surface area contributed by atoms with Gasteiger partial charge in [0.05, 0.1) is 6.10 Å². The second-order valence-corrected chi connectivity index (χ2v) is 12.3. The summed E-state index contributed by atoms with van der Waals surface area (Å²) in [6, 6.07) is 27.7. The molecule has 4 aromatic rings. The molecule has 8 nitrogen and oxygen atoms in total. The van der Waals surface area contributed by atoms with Crippen molar-refractivity contribution in [1.82, 2.24) is 5.32 Å². The van der Waals surface area contributed by atoms with Crippen LogP contribution in [-0.2, 0) is 30.8 Å². The summed E-state index contributed by atoms with van der Waals surface area (Å²) >= 11 is 0. The molecule has 1 amide bonds. The third kappa shape index (κ3) is 7.06. The summed E-state index contributed by atoms with van der Waals surface area (Å²) in [5.41, 5.74) is 5.98. The van der Waals surface area contributed by atoms with E-state index >= 15 is 0 Å². The van der Waals surface area contributed by atoms with Crippen LogP contribution < -0.4 is 9.50 Å². The molecule has 0 bridgehead atoms. The van der Waals surface area contributed by atoms with Crippen molar-refractivity contribution in [2.75, 3.05) is 6.61 Å². The fraction of sp³-hybridized carbons (Fsp3) is 0.235. The molecule has 5 rings (SSSR count). The lowest BCUT2D eigenvalue weighted by atomic mass is 9.98. The molecule has 0 saturated heterocycles. The Morgan fingerprint density at radius 3 is 1.98 bits per heavy atom. The van der Waals surface area contributed by atoms with Gasteiger partial charge < -0.3 is 19.0 Å². The summed E-state index contributed by atoms with van der Waals surface area (Å²) in [5, 5.41) is 2.66. The Bertz CT molecular complexity index is 1670. The van der Waals surface area contributed by atoms with Gasteiger partial charge in [0.25, 0.3) is 0 Å². The maximum atomic E-state index is 13.0. The normalized spacial score (nSPS) is 13.1. The van der Waals surface area contributed by atoms with E-state index < -0.39 is 28.2 Å². The molecule has 1 aliphatic carbocycles. The molecule has 9 heteroatoms. The predicted octanol–water partition coefficient (Wildman–Crippen LogP) is 6.16. The third-order valence-electron chi connectivity index (χ3n) is 7.15. The summed E-state index contributed by atoms with van der Waals surface area (Å²) in [6.07, 6.45) is -1.03. The van der Waals surface area contributed by atoms with Gasteiger partial charge in [-0.1, -0.05) is 78.4 Å². The monoisotopic (exact) mass is 599 g/mol. The summed E-state index contributed by atoms with van der Waals surface area (Å²) in [6.45, 7) is 5.42. The average molecular weight is 600 g/mol. The van der Waals surface area contributed by atoms with Crippen LogP contribution in [0.25, 0.3) is 11.1 Å². The number of fused-ring (bicyclic) bond motifs is 3. The Balaban J connectivity index is 1.25. The number of esters is 1. The number of benzene rings is 4. The van der Waals surface area contributed by atoms with E-state index in [4.69, 9.17) is 13.7 Å². The highest BCUT2D eigenvalue weighted by Crippen LogP contribution is 2.44. The van der Waals surface area contributed by atoms with Crippen LogP contribution in [0.15, 0.2) is 102 Å². The molecular formula is C34H33NO7S. The smallest absolute Gasteiger partial charge is 0.407 e. The van der Waals surface area contributed by atoms with Crippen LogP contribution in [0.5, 0.6) is 5.75 Å². The van der Waals surface area contributed by atoms with Crippen LogP contribution in [-0.4, -0.2) is 39.2 Å². The fourth-order valence-electron chi connectivity index (χ4n) is 5.09. The van der Waals surface area contributed by atoms with Crippen molar-refractivity contribution in [2.45, 2.75) is 50.2 Å². The first-order valence-corrected chi connectivity index (χ1v) is 15.4. The molecule has 0 saturated carbocycles. The number of aryl methyl sites for hydroxylation is 1. The van der Waals surface area contributed by atoms with Gasteiger partial charge in [-0.15, -0.1) is 0 Å². The SMILES string of the molecule is Cc1ccc(S(=O)(=O)Oc2ccc(C[C@H](NC(=O)OCC3c4ccccc4-c4ccccc43)C(=O)OC(C)C)cc2)cc1. The van der Waals surface area contributed by atoms with E-state index in [1.54, 1.807) is 38.1 Å². The van der Waals surface area contributed by atoms with Crippen molar-refractivity contribution in [3.63, 3.8) is 0 Å². The molecule has 0 unspecified atom stereocenters. The Morgan fingerprint density at radius 2 is 1.40 bits per heavy atom. The third-order valence-corrected chi connectivity index (χ3v) is 8.41. The van der Waals surface area contributed by atoms with Gasteiger partial charge in [0.15, 0.2) is 0 Å². The highest BCUT2D eigenvalue weighted by atomic mass is 32.2. The molecular weight excluding hydrogens is 566 g/mol. The van der Waals surface area contributed by atoms with E-state index in [2.05, 4.69) is 17.4 Å². The number of carbonyl (C=O) groups excluding carboxylic acids is 2. The number of nitrogens with one attached hydrogen (secondary N) is 1. The van der Waals surface area contributed by atoms with E-state index in [1.807, 2.05) is 43.3 Å². The van der Waals surface area contributed by atoms with Gasteiger partial charge in [-0.3, -0.25) is 0 Å². The van der Waals surface area contributed by atoms with Gasteiger partial charge in [0.1, 0.15) is 23.3 Å². The Labute approximate surface area is 251 Å². The Morgan fingerprint density at radius 1 is 0.814 bits per heavy atom. The number of carbonyl (C=O) groups is 2. The maximum Gasteiger partial charge on any atom is 0.407 e. The molecule has 0 aliphatic heterocycles. The minimum Gasteiger partial charge on any atom is -0.461 e. The standard InChI is InChI=1S/C34H33NO7S/c1-22(2)41-33(36)32(20-24-14-16-25(17-15-24)42-43(38,39)26-18-12-23(3)13-19-26)35-34(37)40-21-31-29-10-6-4-8-27(29)28-9-5-7-11-30(28)31/h4-19,22,31-32H,20-21H2,1-3H3,(H,35,37)/t32-/m0/s1. The van der Waals surface area contributed by atoms with Gasteiger partial charge >= 0.3 is 22.2 Å². The van der Waals surface area contributed by atoms with Crippen LogP contribution in [0.1, 0.15) is 42.0 Å². The highest BCUT2D eigenvalue weighted by molar-refractivity contribution is 7.87. The molecule has 222 valence electrons. The minimum absolute atomic E-state index is 0.0472. The highest BCUT2D eigenvalue weighted by Gasteiger charge is 2.30. The largest absolute Gasteiger partial charge is 0.461 e. The Hall–Kier alpha value is -4.63. The van der Waals surface area contributed by atoms with Gasteiger partial charge in [-0.25, -0.2) is 9.59 Å². The molecule has 0 heterocycles. The van der Waals surface area contributed by atoms with E-state index in [9.17, 15) is 18.0 Å². The van der Waals surface area contributed by atoms with Crippen molar-refractivity contribution in [3.05, 3.63) is 119 Å². The molecule has 43 heavy (non-hydrogen) atoms. The van der Waals surface area contributed by atoms with E-state index in [-0.39, 0.29) is 35.7 Å². The first-order chi connectivity index (χ1) is 20.6. The average Bonchev–Trinajstić information content (AvgIpc) is 3.30. The second-order valence-electron chi connectivity index (χ2n) is 10.7. The quantitative estimate of drug-likeness (QED) is 0.172. The van der Waals surface area contributed by atoms with Crippen molar-refractivity contribution >= 4 is 22.2 Å². The van der Waals surface area contributed by atoms with Crippen molar-refractivity contribution in [1.29, 1.82) is 0 Å². The number of rotatable bonds is 10. The zero-order valence-corrected chi connectivity index (χ0v) is 25.0. The molecule has 0 aromatic heterocycles. The molecule has 0 radical (unpaired) electrons. The van der Waals surface area contributed by atoms with E-state index in [0.29, 0.717) is 5.56 Å². The summed E-state index contributed by atoms with van der Waals surface area (Å²) < 4.78 is 41.6. The number of hydrogen-bond acceptors (Lipinski definition) is 7. The lowest BCUT2D eigenvalue weighted by Gasteiger charge is -2.20.